The second-order valence-electron chi connectivity index (χ2n) is 3.12. The van der Waals surface area contributed by atoms with E-state index in [-0.39, 0.29) is 29.9 Å². The monoisotopic (exact) mass is 275 g/mol. The number of aliphatic hydroxyl groups excluding tert-OH is 1. The molecule has 1 amide bonds. The number of carbonyl (C=O) groups is 1. The summed E-state index contributed by atoms with van der Waals surface area (Å²) in [6.45, 7) is 1.15. The van der Waals surface area contributed by atoms with Crippen LogP contribution in [0.3, 0.4) is 0 Å². The minimum absolute atomic E-state index is 0.0417. The molecule has 0 aliphatic heterocycles. The predicted octanol–water partition coefficient (Wildman–Crippen LogP) is 0.401. The Morgan fingerprint density at radius 3 is 2.67 bits per heavy atom. The van der Waals surface area contributed by atoms with E-state index in [4.69, 9.17) is 16.7 Å². The third kappa shape index (κ3) is 3.50. The number of hydrogen-bond acceptors (Lipinski definition) is 7. The molecule has 3 N–H and O–H groups in total. The van der Waals surface area contributed by atoms with E-state index in [1.54, 1.807) is 0 Å². The van der Waals surface area contributed by atoms with Gasteiger partial charge in [-0.1, -0.05) is 0 Å². The third-order valence-electron chi connectivity index (χ3n) is 1.71. The zero-order chi connectivity index (χ0) is 13.7. The van der Waals surface area contributed by atoms with E-state index in [0.717, 1.165) is 0 Å². The van der Waals surface area contributed by atoms with E-state index in [1.165, 1.54) is 6.92 Å². The van der Waals surface area contributed by atoms with Crippen LogP contribution in [0.2, 0.25) is 5.15 Å². The van der Waals surface area contributed by atoms with Crippen molar-refractivity contribution < 1.29 is 14.8 Å². The van der Waals surface area contributed by atoms with Gasteiger partial charge in [0.25, 0.3) is 5.15 Å². The van der Waals surface area contributed by atoms with Crippen LogP contribution in [0.1, 0.15) is 6.92 Å². The van der Waals surface area contributed by atoms with Crippen LogP contribution < -0.4 is 10.6 Å². The van der Waals surface area contributed by atoms with Gasteiger partial charge >= 0.3 is 5.82 Å². The van der Waals surface area contributed by atoms with Crippen LogP contribution >= 0.6 is 11.6 Å². The van der Waals surface area contributed by atoms with E-state index >= 15 is 0 Å². The number of nitrogens with zero attached hydrogens (tertiary/aromatic N) is 3. The summed E-state index contributed by atoms with van der Waals surface area (Å²) < 4.78 is 0. The van der Waals surface area contributed by atoms with Gasteiger partial charge in [0, 0.05) is 13.5 Å². The number of hydrogen-bond donors (Lipinski definition) is 3. The molecule has 1 heterocycles. The molecule has 0 aromatic carbocycles. The summed E-state index contributed by atoms with van der Waals surface area (Å²) in [6.07, 6.45) is 0. The van der Waals surface area contributed by atoms with Crippen LogP contribution in [0.25, 0.3) is 0 Å². The average molecular weight is 276 g/mol. The Morgan fingerprint density at radius 1 is 1.50 bits per heavy atom. The van der Waals surface area contributed by atoms with Gasteiger partial charge in [-0.05, 0) is 21.5 Å². The number of aromatic nitrogens is 2. The van der Waals surface area contributed by atoms with Gasteiger partial charge in [0.1, 0.15) is 0 Å². The van der Waals surface area contributed by atoms with Crippen molar-refractivity contribution in [2.45, 2.75) is 6.92 Å². The summed E-state index contributed by atoms with van der Waals surface area (Å²) in [6, 6.07) is 0. The predicted molar refractivity (Wildman–Crippen MR) is 63.6 cm³/mol. The Hall–Kier alpha value is -2.00. The molecule has 10 heteroatoms. The molecule has 0 radical (unpaired) electrons. The van der Waals surface area contributed by atoms with Crippen molar-refractivity contribution in [3.05, 3.63) is 15.3 Å². The first kappa shape index (κ1) is 14.1. The van der Waals surface area contributed by atoms with Crippen molar-refractivity contribution in [1.29, 1.82) is 0 Å². The van der Waals surface area contributed by atoms with E-state index in [2.05, 4.69) is 20.6 Å². The fourth-order valence-corrected chi connectivity index (χ4v) is 1.26. The second-order valence-corrected chi connectivity index (χ2v) is 3.48. The van der Waals surface area contributed by atoms with Gasteiger partial charge in [0.15, 0.2) is 5.82 Å². The lowest BCUT2D eigenvalue weighted by Crippen LogP contribution is -2.14. The Bertz CT molecular complexity index is 481. The smallest absolute Gasteiger partial charge is 0.395 e. The Morgan fingerprint density at radius 2 is 2.17 bits per heavy atom. The molecule has 9 nitrogen and oxygen atoms in total. The SMILES string of the molecule is CC(=O)Nc1nc(NCCO)c(Cl)nc1[N+](=O)[O-]. The second kappa shape index (κ2) is 6.07. The molecule has 18 heavy (non-hydrogen) atoms. The molecule has 0 saturated heterocycles. The molecule has 0 unspecified atom stereocenters. The molecular formula is C8H10ClN5O4. The van der Waals surface area contributed by atoms with Crippen LogP contribution in [0.5, 0.6) is 0 Å². The summed E-state index contributed by atoms with van der Waals surface area (Å²) in [5.41, 5.74) is 0. The maximum Gasteiger partial charge on any atom is 0.408 e. The standard InChI is InChI=1S/C8H10ClN5O4/c1-4(16)11-7-8(14(17)18)12-5(9)6(13-7)10-2-3-15/h15H,2-3H2,1H3,(H2,10,11,13,16). The number of nitro groups is 1. The van der Waals surface area contributed by atoms with Crippen LogP contribution in [-0.4, -0.2) is 39.1 Å². The summed E-state index contributed by atoms with van der Waals surface area (Å²) in [4.78, 5) is 28.1. The van der Waals surface area contributed by atoms with Gasteiger partial charge in [0.05, 0.1) is 6.61 Å². The highest BCUT2D eigenvalue weighted by atomic mass is 35.5. The lowest BCUT2D eigenvalue weighted by atomic mass is 10.5. The third-order valence-corrected chi connectivity index (χ3v) is 1.97. The van der Waals surface area contributed by atoms with Gasteiger partial charge in [-0.2, -0.15) is 4.98 Å². The Kier molecular flexibility index (Phi) is 4.75. The van der Waals surface area contributed by atoms with Crippen molar-refractivity contribution >= 4 is 35.0 Å². The highest BCUT2D eigenvalue weighted by molar-refractivity contribution is 6.31. The highest BCUT2D eigenvalue weighted by Gasteiger charge is 2.23. The highest BCUT2D eigenvalue weighted by Crippen LogP contribution is 2.26. The zero-order valence-electron chi connectivity index (χ0n) is 9.31. The molecular weight excluding hydrogens is 266 g/mol. The molecule has 0 spiro atoms. The number of nitrogens with one attached hydrogen (secondary N) is 2. The van der Waals surface area contributed by atoms with E-state index in [0.29, 0.717) is 0 Å². The molecule has 0 atom stereocenters. The normalized spacial score (nSPS) is 9.94. The first-order valence-electron chi connectivity index (χ1n) is 4.80. The zero-order valence-corrected chi connectivity index (χ0v) is 10.1. The number of rotatable bonds is 5. The van der Waals surface area contributed by atoms with Gasteiger partial charge in [0.2, 0.25) is 11.7 Å². The molecule has 0 aliphatic carbocycles. The summed E-state index contributed by atoms with van der Waals surface area (Å²) in [5.74, 6) is -1.44. The summed E-state index contributed by atoms with van der Waals surface area (Å²) in [7, 11) is 0. The average Bonchev–Trinajstić information content (AvgIpc) is 2.28. The van der Waals surface area contributed by atoms with Crippen LogP contribution in [-0.2, 0) is 4.79 Å². The van der Waals surface area contributed by atoms with Crippen LogP contribution in [0, 0.1) is 10.1 Å². The number of amides is 1. The molecule has 0 bridgehead atoms. The van der Waals surface area contributed by atoms with Crippen molar-refractivity contribution in [2.24, 2.45) is 0 Å². The van der Waals surface area contributed by atoms with Crippen molar-refractivity contribution in [3.8, 4) is 0 Å². The van der Waals surface area contributed by atoms with E-state index in [9.17, 15) is 14.9 Å². The van der Waals surface area contributed by atoms with Crippen molar-refractivity contribution in [2.75, 3.05) is 23.8 Å². The molecule has 98 valence electrons. The van der Waals surface area contributed by atoms with Crippen molar-refractivity contribution in [1.82, 2.24) is 9.97 Å². The van der Waals surface area contributed by atoms with Crippen molar-refractivity contribution in [3.63, 3.8) is 0 Å². The number of halogens is 1. The Balaban J connectivity index is 3.17. The number of anilines is 2. The first-order chi connectivity index (χ1) is 8.45. The number of aliphatic hydroxyl groups is 1. The van der Waals surface area contributed by atoms with Crippen LogP contribution in [0.4, 0.5) is 17.5 Å². The molecule has 0 fully saturated rings. The summed E-state index contributed by atoms with van der Waals surface area (Å²) in [5, 5.41) is 23.9. The molecule has 1 aromatic heterocycles. The Labute approximate surface area is 106 Å². The largest absolute Gasteiger partial charge is 0.408 e. The lowest BCUT2D eigenvalue weighted by molar-refractivity contribution is -0.388. The number of carbonyl (C=O) groups excluding carboxylic acids is 1. The summed E-state index contributed by atoms with van der Waals surface area (Å²) >= 11 is 5.68. The molecule has 0 aliphatic rings. The lowest BCUT2D eigenvalue weighted by Gasteiger charge is -2.06. The maximum absolute atomic E-state index is 10.9. The molecule has 1 aromatic rings. The maximum atomic E-state index is 10.9. The fraction of sp³-hybridized carbons (Fsp3) is 0.375. The minimum atomic E-state index is -0.806. The van der Waals surface area contributed by atoms with Gasteiger partial charge in [-0.25, -0.2) is 0 Å². The van der Waals surface area contributed by atoms with E-state index < -0.39 is 16.6 Å². The minimum Gasteiger partial charge on any atom is -0.395 e. The topological polar surface area (TPSA) is 130 Å². The van der Waals surface area contributed by atoms with Gasteiger partial charge < -0.3 is 25.9 Å². The first-order valence-corrected chi connectivity index (χ1v) is 5.17. The quantitative estimate of drug-likeness (QED) is 0.523. The van der Waals surface area contributed by atoms with E-state index in [1.807, 2.05) is 0 Å². The fourth-order valence-electron chi connectivity index (χ4n) is 1.07. The van der Waals surface area contributed by atoms with Gasteiger partial charge in [-0.15, -0.1) is 0 Å². The van der Waals surface area contributed by atoms with Crippen LogP contribution in [0.15, 0.2) is 0 Å². The molecule has 0 saturated carbocycles. The molecule has 1 rings (SSSR count). The van der Waals surface area contributed by atoms with Gasteiger partial charge in [-0.3, -0.25) is 4.79 Å².